The van der Waals surface area contributed by atoms with Gasteiger partial charge in [-0.2, -0.15) is 0 Å². The fourth-order valence-electron chi connectivity index (χ4n) is 7.43. The normalized spacial score (nSPS) is 32.3. The van der Waals surface area contributed by atoms with Crippen molar-refractivity contribution in [3.63, 3.8) is 0 Å². The average Bonchev–Trinajstić information content (AvgIpc) is 3.31. The van der Waals surface area contributed by atoms with Crippen LogP contribution in [0.2, 0.25) is 0 Å². The molecule has 4 aromatic rings. The molecule has 0 radical (unpaired) electrons. The number of phenols is 4. The van der Waals surface area contributed by atoms with E-state index in [2.05, 4.69) is 0 Å². The minimum Gasteiger partial charge on any atom is -0.507 e. The maximum Gasteiger partial charge on any atom is 0.402 e. The summed E-state index contributed by atoms with van der Waals surface area (Å²) in [7, 11) is 1.27. The lowest BCUT2D eigenvalue weighted by atomic mass is 9.97. The molecule has 3 fully saturated rings. The number of benzene rings is 3. The zero-order valence-electron chi connectivity index (χ0n) is 35.0. The molecule has 1 aromatic heterocycles. The van der Waals surface area contributed by atoms with Gasteiger partial charge in [-0.25, -0.2) is 9.21 Å². The first-order valence-electron chi connectivity index (χ1n) is 20.4. The molecule has 0 amide bonds. The van der Waals surface area contributed by atoms with Crippen molar-refractivity contribution >= 4 is 23.0 Å². The summed E-state index contributed by atoms with van der Waals surface area (Å²) in [4.78, 5) is 12.6. The van der Waals surface area contributed by atoms with E-state index in [9.17, 15) is 76.3 Å². The number of ether oxygens (including phenoxy) is 8. The quantitative estimate of drug-likeness (QED) is 0.0272. The molecule has 0 aliphatic carbocycles. The van der Waals surface area contributed by atoms with Gasteiger partial charge in [0.1, 0.15) is 90.6 Å². The number of carbonyl (C=O) groups excluding carboxylic acids is 1. The highest BCUT2D eigenvalue weighted by Crippen LogP contribution is 2.44. The Kier molecular flexibility index (Phi) is 15.2. The van der Waals surface area contributed by atoms with E-state index in [-0.39, 0.29) is 45.3 Å². The van der Waals surface area contributed by atoms with Crippen LogP contribution < -0.4 is 14.2 Å². The third kappa shape index (κ3) is 10.4. The zero-order valence-corrected chi connectivity index (χ0v) is 35.0. The second-order valence-corrected chi connectivity index (χ2v) is 15.6. The Labute approximate surface area is 378 Å². The lowest BCUT2D eigenvalue weighted by Crippen LogP contribution is -2.65. The minimum absolute atomic E-state index is 0.0478. The Morgan fingerprint density at radius 2 is 1.24 bits per heavy atom. The van der Waals surface area contributed by atoms with E-state index in [1.165, 1.54) is 55.7 Å². The van der Waals surface area contributed by atoms with Gasteiger partial charge in [0.05, 0.1) is 32.0 Å². The first-order chi connectivity index (χ1) is 31.9. The van der Waals surface area contributed by atoms with E-state index in [1.54, 1.807) is 0 Å². The minimum atomic E-state index is -2.07. The molecule has 3 aromatic carbocycles. The molecule has 3 saturated heterocycles. The first kappa shape index (κ1) is 49.2. The van der Waals surface area contributed by atoms with Crippen LogP contribution in [0.5, 0.6) is 40.2 Å². The van der Waals surface area contributed by atoms with Crippen LogP contribution in [0.3, 0.4) is 0 Å². The number of carbonyl (C=O) groups is 1. The second-order valence-electron chi connectivity index (χ2n) is 15.6. The number of hydrogen-bond donors (Lipinski definition) is 14. The van der Waals surface area contributed by atoms with Crippen LogP contribution in [0.25, 0.3) is 28.4 Å². The summed E-state index contributed by atoms with van der Waals surface area (Å²) in [5, 5.41) is 147. The third-order valence-corrected chi connectivity index (χ3v) is 11.2. The van der Waals surface area contributed by atoms with Crippen molar-refractivity contribution < 1.29 is 119 Å². The SMILES string of the molecule is COc1cc(-c2[o+]c3cc(O)cc(O[C@@H]4O[C@H](CO)[C@@H](O)[C@H](O)[C@H]4O)c3cc2O[C@@H]2O[C@H](CO)[C@@H](O)[C@H](O)[C@H]2O[C@@H]2O[C@H](COC(=O)/C=C/c3ccc(O)c(O)c3)[C@@H](O)[C@H](O)[C@H]2O)ccc1O. The van der Waals surface area contributed by atoms with Gasteiger partial charge in [-0.3, -0.25) is 0 Å². The summed E-state index contributed by atoms with van der Waals surface area (Å²) in [6.45, 7) is -2.42. The predicted octanol–water partition coefficient (Wildman–Crippen LogP) is -2.34. The van der Waals surface area contributed by atoms with E-state index in [4.69, 9.17) is 42.3 Å². The van der Waals surface area contributed by atoms with Gasteiger partial charge in [0.2, 0.25) is 18.3 Å². The molecule has 0 unspecified atom stereocenters. The highest BCUT2D eigenvalue weighted by molar-refractivity contribution is 5.89. The van der Waals surface area contributed by atoms with E-state index in [0.717, 1.165) is 18.2 Å². The van der Waals surface area contributed by atoms with Gasteiger partial charge in [0.15, 0.2) is 35.4 Å². The van der Waals surface area contributed by atoms with E-state index in [0.29, 0.717) is 5.56 Å². The molecular formula is C43H49O24+. The molecular weight excluding hydrogens is 900 g/mol. The number of aliphatic hydroxyl groups is 10. The highest BCUT2D eigenvalue weighted by atomic mass is 16.8. The van der Waals surface area contributed by atoms with Crippen molar-refractivity contribution in [3.05, 3.63) is 66.2 Å². The van der Waals surface area contributed by atoms with Crippen LogP contribution in [-0.4, -0.2) is 197 Å². The number of rotatable bonds is 14. The number of phenolic OH excluding ortho intramolecular Hbond substituents is 4. The number of aromatic hydroxyl groups is 4. The monoisotopic (exact) mass is 949 g/mol. The summed E-state index contributed by atoms with van der Waals surface area (Å²) in [6.07, 6.45) is -25.3. The maximum atomic E-state index is 12.6. The van der Waals surface area contributed by atoms with Crippen molar-refractivity contribution in [2.75, 3.05) is 26.9 Å². The van der Waals surface area contributed by atoms with Gasteiger partial charge in [-0.05, 0) is 35.9 Å². The summed E-state index contributed by atoms with van der Waals surface area (Å²) in [6, 6.07) is 11.1. The van der Waals surface area contributed by atoms with E-state index in [1.807, 2.05) is 0 Å². The lowest BCUT2D eigenvalue weighted by molar-refractivity contribution is -0.358. The summed E-state index contributed by atoms with van der Waals surface area (Å²) < 4.78 is 51.9. The fraction of sp³-hybridized carbons (Fsp3) is 0.442. The molecule has 0 saturated carbocycles. The van der Waals surface area contributed by atoms with Gasteiger partial charge < -0.3 is 109 Å². The molecule has 24 heteroatoms. The lowest BCUT2D eigenvalue weighted by Gasteiger charge is -2.45. The van der Waals surface area contributed by atoms with Gasteiger partial charge in [0.25, 0.3) is 0 Å². The zero-order chi connectivity index (χ0) is 48.4. The topological polar surface area (TPSA) is 385 Å². The molecule has 0 bridgehead atoms. The van der Waals surface area contributed by atoms with Gasteiger partial charge in [-0.15, -0.1) is 0 Å². The second kappa shape index (κ2) is 20.7. The molecule has 24 nitrogen and oxygen atoms in total. The van der Waals surface area contributed by atoms with Crippen LogP contribution in [0.4, 0.5) is 0 Å². The molecule has 67 heavy (non-hydrogen) atoms. The van der Waals surface area contributed by atoms with Crippen LogP contribution in [0.1, 0.15) is 5.56 Å². The molecule has 3 aliphatic rings. The Hall–Kier alpha value is -5.68. The van der Waals surface area contributed by atoms with Gasteiger partial charge in [-0.1, -0.05) is 6.07 Å². The van der Waals surface area contributed by atoms with Crippen molar-refractivity contribution in [2.45, 2.75) is 92.1 Å². The highest BCUT2D eigenvalue weighted by Gasteiger charge is 2.52. The predicted molar refractivity (Wildman–Crippen MR) is 220 cm³/mol. The molecule has 364 valence electrons. The van der Waals surface area contributed by atoms with Gasteiger partial charge in [0, 0.05) is 24.3 Å². The number of aliphatic hydroxyl groups excluding tert-OH is 10. The van der Waals surface area contributed by atoms with Crippen LogP contribution in [0.15, 0.2) is 65.1 Å². The fourth-order valence-corrected chi connectivity index (χ4v) is 7.43. The maximum absolute atomic E-state index is 12.6. The Morgan fingerprint density at radius 1 is 0.627 bits per heavy atom. The largest absolute Gasteiger partial charge is 0.507 e. The number of fused-ring (bicyclic) bond motifs is 1. The number of esters is 1. The van der Waals surface area contributed by atoms with Crippen molar-refractivity contribution in [2.24, 2.45) is 0 Å². The Morgan fingerprint density at radius 3 is 1.91 bits per heavy atom. The molecule has 14 N–H and O–H groups in total. The molecule has 0 spiro atoms. The van der Waals surface area contributed by atoms with Crippen LogP contribution >= 0.6 is 0 Å². The average molecular weight is 950 g/mol. The van der Waals surface area contributed by atoms with E-state index >= 15 is 0 Å². The summed E-state index contributed by atoms with van der Waals surface area (Å²) in [5.41, 5.74) is 0.302. The molecule has 4 heterocycles. The Balaban J connectivity index is 1.21. The Bertz CT molecular complexity index is 2390. The third-order valence-electron chi connectivity index (χ3n) is 11.2. The molecule has 7 rings (SSSR count). The number of methoxy groups -OCH3 is 1. The summed E-state index contributed by atoms with van der Waals surface area (Å²) >= 11 is 0. The van der Waals surface area contributed by atoms with Crippen molar-refractivity contribution in [3.8, 4) is 51.6 Å². The standard InChI is InChI=1S/C43H48O24/c1-59-25-9-17(4-6-21(25)48)39-26(12-19-23(61-39)10-18(46)11-24(19)62-41-37(57)34(54)31(51)27(13-44)64-41)63-43-40(36(56)32(52)28(14-45)65-43)67-42-38(58)35(55)33(53)29(66-42)15-60-30(50)7-3-16-2-5-20(47)22(49)8-16/h2-12,27-29,31-38,40-45,51-58H,13-15H2,1H3,(H3-,46,47,48,49,50)/p+1/t27-,28-,29-,31-,32-,33-,34+,35+,36+,37-,38-,40-,41-,42+,43-/m1/s1. The van der Waals surface area contributed by atoms with Gasteiger partial charge >= 0.3 is 17.3 Å². The van der Waals surface area contributed by atoms with E-state index < -0.39 is 135 Å². The summed E-state index contributed by atoms with van der Waals surface area (Å²) in [5.74, 6) is -3.44. The molecule has 15 atom stereocenters. The number of hydrogen-bond acceptors (Lipinski definition) is 23. The van der Waals surface area contributed by atoms with Crippen molar-refractivity contribution in [1.82, 2.24) is 0 Å². The van der Waals surface area contributed by atoms with Crippen LogP contribution in [0, 0.1) is 0 Å². The van der Waals surface area contributed by atoms with Crippen LogP contribution in [-0.2, 0) is 28.5 Å². The van der Waals surface area contributed by atoms with Crippen molar-refractivity contribution in [1.29, 1.82) is 0 Å². The molecule has 3 aliphatic heterocycles. The smallest absolute Gasteiger partial charge is 0.402 e. The first-order valence-corrected chi connectivity index (χ1v) is 20.4.